The fraction of sp³-hybridized carbons (Fsp3) is 0.143. The molecule has 15 heavy (non-hydrogen) atoms. The SMILES string of the molecule is Oc1ccc(CCc2[c]cccc2)cc1. The summed E-state index contributed by atoms with van der Waals surface area (Å²) in [5.41, 5.74) is 2.47. The number of aryl methyl sites for hydroxylation is 2. The van der Waals surface area contributed by atoms with E-state index < -0.39 is 0 Å². The molecule has 1 N–H and O–H groups in total. The molecule has 0 aliphatic heterocycles. The van der Waals surface area contributed by atoms with Crippen molar-refractivity contribution in [1.29, 1.82) is 0 Å². The zero-order chi connectivity index (χ0) is 10.5. The molecule has 1 heteroatoms. The zero-order valence-corrected chi connectivity index (χ0v) is 8.48. The Bertz CT molecular complexity index is 403. The molecule has 0 heterocycles. The third-order valence-corrected chi connectivity index (χ3v) is 2.39. The highest BCUT2D eigenvalue weighted by atomic mass is 16.3. The van der Waals surface area contributed by atoms with Crippen LogP contribution in [0.2, 0.25) is 0 Å². The van der Waals surface area contributed by atoms with Gasteiger partial charge in [-0.25, -0.2) is 0 Å². The predicted molar refractivity (Wildman–Crippen MR) is 60.8 cm³/mol. The third-order valence-electron chi connectivity index (χ3n) is 2.39. The molecule has 0 spiro atoms. The van der Waals surface area contributed by atoms with Crippen molar-refractivity contribution in [1.82, 2.24) is 0 Å². The van der Waals surface area contributed by atoms with Gasteiger partial charge in [0.1, 0.15) is 5.75 Å². The minimum Gasteiger partial charge on any atom is -0.508 e. The molecule has 0 saturated heterocycles. The molecule has 2 aromatic carbocycles. The molecule has 0 unspecified atom stereocenters. The van der Waals surface area contributed by atoms with Crippen LogP contribution in [-0.4, -0.2) is 5.11 Å². The molecule has 0 aliphatic rings. The summed E-state index contributed by atoms with van der Waals surface area (Å²) in [7, 11) is 0. The minimum atomic E-state index is 0.324. The molecule has 0 bridgehead atoms. The Kier molecular flexibility index (Phi) is 3.03. The summed E-state index contributed by atoms with van der Waals surface area (Å²) in [6.07, 6.45) is 1.98. The van der Waals surface area contributed by atoms with Crippen molar-refractivity contribution >= 4 is 0 Å². The summed E-state index contributed by atoms with van der Waals surface area (Å²) in [6, 6.07) is 18.6. The zero-order valence-electron chi connectivity index (χ0n) is 8.48. The molecular formula is C14H13O. The van der Waals surface area contributed by atoms with E-state index in [4.69, 9.17) is 5.11 Å². The van der Waals surface area contributed by atoms with E-state index in [9.17, 15) is 0 Å². The quantitative estimate of drug-likeness (QED) is 0.802. The number of phenolic OH excluding ortho intramolecular Hbond substituents is 1. The van der Waals surface area contributed by atoms with Gasteiger partial charge in [0.25, 0.3) is 0 Å². The third kappa shape index (κ3) is 2.84. The topological polar surface area (TPSA) is 20.2 Å². The minimum absolute atomic E-state index is 0.324. The van der Waals surface area contributed by atoms with Crippen LogP contribution in [0.15, 0.2) is 48.5 Å². The van der Waals surface area contributed by atoms with E-state index in [1.54, 1.807) is 12.1 Å². The molecule has 1 nitrogen and oxygen atoms in total. The van der Waals surface area contributed by atoms with Crippen LogP contribution >= 0.6 is 0 Å². The van der Waals surface area contributed by atoms with Crippen LogP contribution in [0.1, 0.15) is 11.1 Å². The van der Waals surface area contributed by atoms with Crippen molar-refractivity contribution in [3.05, 3.63) is 65.7 Å². The maximum atomic E-state index is 9.14. The van der Waals surface area contributed by atoms with E-state index in [1.807, 2.05) is 30.3 Å². The first-order chi connectivity index (χ1) is 7.34. The van der Waals surface area contributed by atoms with E-state index in [2.05, 4.69) is 12.1 Å². The van der Waals surface area contributed by atoms with Crippen molar-refractivity contribution in [2.45, 2.75) is 12.8 Å². The monoisotopic (exact) mass is 197 g/mol. The lowest BCUT2D eigenvalue weighted by Crippen LogP contribution is -1.90. The normalized spacial score (nSPS) is 10.1. The van der Waals surface area contributed by atoms with Crippen molar-refractivity contribution < 1.29 is 5.11 Å². The summed E-state index contributed by atoms with van der Waals surface area (Å²) >= 11 is 0. The summed E-state index contributed by atoms with van der Waals surface area (Å²) in [5, 5.41) is 9.14. The highest BCUT2D eigenvalue weighted by molar-refractivity contribution is 5.26. The van der Waals surface area contributed by atoms with Crippen molar-refractivity contribution in [2.24, 2.45) is 0 Å². The number of phenols is 1. The van der Waals surface area contributed by atoms with Gasteiger partial charge in [-0.05, 0) is 42.2 Å². The Hall–Kier alpha value is -1.76. The Balaban J connectivity index is 1.96. The number of benzene rings is 2. The van der Waals surface area contributed by atoms with Gasteiger partial charge >= 0.3 is 0 Å². The first-order valence-electron chi connectivity index (χ1n) is 5.08. The predicted octanol–water partition coefficient (Wildman–Crippen LogP) is 2.98. The van der Waals surface area contributed by atoms with Gasteiger partial charge in [0, 0.05) is 0 Å². The fourth-order valence-corrected chi connectivity index (χ4v) is 1.53. The second-order valence-corrected chi connectivity index (χ2v) is 3.55. The first-order valence-corrected chi connectivity index (χ1v) is 5.08. The van der Waals surface area contributed by atoms with Gasteiger partial charge in [-0.1, -0.05) is 36.4 Å². The van der Waals surface area contributed by atoms with E-state index in [0.29, 0.717) is 5.75 Å². The molecule has 2 aromatic rings. The fourth-order valence-electron chi connectivity index (χ4n) is 1.53. The van der Waals surface area contributed by atoms with Crippen LogP contribution in [0.25, 0.3) is 0 Å². The van der Waals surface area contributed by atoms with Gasteiger partial charge in [0.15, 0.2) is 0 Å². The molecule has 2 rings (SSSR count). The van der Waals surface area contributed by atoms with Gasteiger partial charge in [-0.2, -0.15) is 0 Å². The van der Waals surface area contributed by atoms with E-state index in [-0.39, 0.29) is 0 Å². The molecule has 0 aromatic heterocycles. The number of aromatic hydroxyl groups is 1. The highest BCUT2D eigenvalue weighted by Gasteiger charge is 1.95. The van der Waals surface area contributed by atoms with Crippen molar-refractivity contribution in [2.75, 3.05) is 0 Å². The van der Waals surface area contributed by atoms with E-state index >= 15 is 0 Å². The van der Waals surface area contributed by atoms with Crippen molar-refractivity contribution in [3.8, 4) is 5.75 Å². The standard InChI is InChI=1S/C14H13O/c15-14-10-8-13(9-11-14)7-6-12-4-2-1-3-5-12/h1-4,8-11,15H,6-7H2. The number of hydrogen-bond donors (Lipinski definition) is 1. The molecule has 0 atom stereocenters. The summed E-state index contributed by atoms with van der Waals surface area (Å²) in [5.74, 6) is 0.324. The van der Waals surface area contributed by atoms with Crippen LogP contribution in [0.3, 0.4) is 0 Å². The Morgan fingerprint density at radius 2 is 1.73 bits per heavy atom. The molecular weight excluding hydrogens is 184 g/mol. The van der Waals surface area contributed by atoms with Gasteiger partial charge in [-0.15, -0.1) is 0 Å². The van der Waals surface area contributed by atoms with Gasteiger partial charge in [-0.3, -0.25) is 0 Å². The van der Waals surface area contributed by atoms with Gasteiger partial charge in [0.2, 0.25) is 0 Å². The maximum Gasteiger partial charge on any atom is 0.115 e. The highest BCUT2D eigenvalue weighted by Crippen LogP contribution is 2.11. The van der Waals surface area contributed by atoms with Crippen LogP contribution in [0.5, 0.6) is 5.75 Å². The Morgan fingerprint density at radius 1 is 0.933 bits per heavy atom. The summed E-state index contributed by atoms with van der Waals surface area (Å²) in [4.78, 5) is 0. The molecule has 75 valence electrons. The van der Waals surface area contributed by atoms with Crippen LogP contribution in [0.4, 0.5) is 0 Å². The second kappa shape index (κ2) is 4.65. The Morgan fingerprint density at radius 3 is 2.40 bits per heavy atom. The lowest BCUT2D eigenvalue weighted by molar-refractivity contribution is 0.475. The molecule has 0 saturated carbocycles. The second-order valence-electron chi connectivity index (χ2n) is 3.55. The molecule has 0 aliphatic carbocycles. The average Bonchev–Trinajstić information content (AvgIpc) is 2.30. The molecule has 1 radical (unpaired) electrons. The summed E-state index contributed by atoms with van der Waals surface area (Å²) < 4.78 is 0. The van der Waals surface area contributed by atoms with Gasteiger partial charge < -0.3 is 5.11 Å². The van der Waals surface area contributed by atoms with E-state index in [1.165, 1.54) is 11.1 Å². The Labute approximate surface area is 90.0 Å². The number of hydrogen-bond acceptors (Lipinski definition) is 1. The lowest BCUT2D eigenvalue weighted by Gasteiger charge is -2.01. The average molecular weight is 197 g/mol. The first kappa shape index (κ1) is 9.78. The summed E-state index contributed by atoms with van der Waals surface area (Å²) in [6.45, 7) is 0. The van der Waals surface area contributed by atoms with Crippen LogP contribution < -0.4 is 0 Å². The van der Waals surface area contributed by atoms with Crippen LogP contribution in [-0.2, 0) is 12.8 Å². The largest absolute Gasteiger partial charge is 0.508 e. The van der Waals surface area contributed by atoms with Crippen molar-refractivity contribution in [3.63, 3.8) is 0 Å². The smallest absolute Gasteiger partial charge is 0.115 e. The molecule has 0 amide bonds. The molecule has 0 fully saturated rings. The van der Waals surface area contributed by atoms with Crippen LogP contribution in [0, 0.1) is 6.07 Å². The lowest BCUT2D eigenvalue weighted by atomic mass is 10.0. The number of rotatable bonds is 3. The van der Waals surface area contributed by atoms with Gasteiger partial charge in [0.05, 0.1) is 0 Å². The van der Waals surface area contributed by atoms with E-state index in [0.717, 1.165) is 12.8 Å². The maximum absolute atomic E-state index is 9.14.